The zero-order valence-corrected chi connectivity index (χ0v) is 11.2. The molecule has 0 spiro atoms. The molecule has 0 radical (unpaired) electrons. The van der Waals surface area contributed by atoms with Gasteiger partial charge in [0, 0.05) is 19.9 Å². The number of carbonyl (C=O) groups is 1. The molecule has 1 saturated heterocycles. The minimum atomic E-state index is -3.81. The van der Waals surface area contributed by atoms with Crippen molar-refractivity contribution in [1.82, 2.24) is 14.1 Å². The van der Waals surface area contributed by atoms with Crippen LogP contribution < -0.4 is 0 Å². The zero-order valence-electron chi connectivity index (χ0n) is 10.4. The second kappa shape index (κ2) is 5.27. The molecule has 0 aromatic carbocycles. The van der Waals surface area contributed by atoms with Crippen LogP contribution in [-0.2, 0) is 19.6 Å². The number of carboxylic acid groups (broad SMARTS) is 1. The summed E-state index contributed by atoms with van der Waals surface area (Å²) in [7, 11) is -2.59. The van der Waals surface area contributed by atoms with E-state index in [4.69, 9.17) is 9.84 Å². The summed E-state index contributed by atoms with van der Waals surface area (Å²) >= 11 is 0. The highest BCUT2D eigenvalue weighted by Crippen LogP contribution is 2.20. The van der Waals surface area contributed by atoms with E-state index < -0.39 is 22.5 Å². The average Bonchev–Trinajstić information content (AvgIpc) is 2.99. The molecule has 1 aromatic rings. The van der Waals surface area contributed by atoms with Crippen LogP contribution in [0.25, 0.3) is 0 Å². The first-order valence-electron chi connectivity index (χ1n) is 5.71. The molecular formula is C10H15N3O5S. The van der Waals surface area contributed by atoms with Crippen LogP contribution in [0.3, 0.4) is 0 Å². The fourth-order valence-electron chi connectivity index (χ4n) is 1.84. The van der Waals surface area contributed by atoms with Gasteiger partial charge in [0.1, 0.15) is 11.4 Å². The van der Waals surface area contributed by atoms with Crippen molar-refractivity contribution in [3.8, 4) is 0 Å². The number of aromatic nitrogens is 2. The number of likely N-dealkylation sites (N-methyl/N-ethyl adjacent to an activating group) is 1. The van der Waals surface area contributed by atoms with Gasteiger partial charge in [-0.05, 0) is 6.42 Å². The monoisotopic (exact) mass is 289 g/mol. The minimum absolute atomic E-state index is 0.0110. The normalized spacial score (nSPS) is 20.0. The third-order valence-electron chi connectivity index (χ3n) is 2.92. The van der Waals surface area contributed by atoms with Crippen LogP contribution in [0.1, 0.15) is 12.5 Å². The van der Waals surface area contributed by atoms with Crippen molar-refractivity contribution in [2.45, 2.75) is 17.4 Å². The minimum Gasteiger partial charge on any atom is -0.480 e. The van der Waals surface area contributed by atoms with E-state index in [9.17, 15) is 13.2 Å². The molecule has 2 heterocycles. The van der Waals surface area contributed by atoms with Gasteiger partial charge >= 0.3 is 5.97 Å². The number of hydrogen-bond acceptors (Lipinski definition) is 5. The van der Waals surface area contributed by atoms with E-state index in [0.29, 0.717) is 13.2 Å². The number of nitrogens with zero attached hydrogens (tertiary/aromatic N) is 3. The molecule has 1 fully saturated rings. The SMILES string of the molecule is CN(CC(=O)O)S(=O)(=O)c1cnn(C2CCOC2)c1. The predicted molar refractivity (Wildman–Crippen MR) is 64.2 cm³/mol. The molecule has 19 heavy (non-hydrogen) atoms. The molecule has 2 rings (SSSR count). The lowest BCUT2D eigenvalue weighted by molar-refractivity contribution is -0.137. The highest BCUT2D eigenvalue weighted by Gasteiger charge is 2.26. The fraction of sp³-hybridized carbons (Fsp3) is 0.600. The summed E-state index contributed by atoms with van der Waals surface area (Å²) in [6, 6.07) is 0.0359. The molecule has 1 aromatic heterocycles. The van der Waals surface area contributed by atoms with E-state index >= 15 is 0 Å². The third kappa shape index (κ3) is 2.94. The maximum atomic E-state index is 12.1. The van der Waals surface area contributed by atoms with E-state index in [2.05, 4.69) is 5.10 Å². The lowest BCUT2D eigenvalue weighted by Crippen LogP contribution is -2.31. The molecule has 1 atom stereocenters. The Morgan fingerprint density at radius 2 is 2.42 bits per heavy atom. The topological polar surface area (TPSA) is 102 Å². The predicted octanol–water partition coefficient (Wildman–Crippen LogP) is -0.450. The number of sulfonamides is 1. The van der Waals surface area contributed by atoms with Crippen molar-refractivity contribution in [3.63, 3.8) is 0 Å². The van der Waals surface area contributed by atoms with Crippen LogP contribution in [0.4, 0.5) is 0 Å². The molecule has 1 aliphatic heterocycles. The summed E-state index contributed by atoms with van der Waals surface area (Å²) < 4.78 is 31.7. The van der Waals surface area contributed by atoms with Crippen molar-refractivity contribution in [3.05, 3.63) is 12.4 Å². The first kappa shape index (κ1) is 14.0. The zero-order chi connectivity index (χ0) is 14.0. The summed E-state index contributed by atoms with van der Waals surface area (Å²) in [5, 5.41) is 12.6. The van der Waals surface area contributed by atoms with Gasteiger partial charge in [-0.15, -0.1) is 0 Å². The van der Waals surface area contributed by atoms with Crippen LogP contribution in [0.5, 0.6) is 0 Å². The standard InChI is InChI=1S/C10H15N3O5S/c1-12(6-10(14)15)19(16,17)9-4-11-13(5-9)8-2-3-18-7-8/h4-5,8H,2-3,6-7H2,1H3,(H,14,15). The number of ether oxygens (including phenoxy) is 1. The van der Waals surface area contributed by atoms with Gasteiger partial charge in [0.25, 0.3) is 0 Å². The summed E-state index contributed by atoms with van der Waals surface area (Å²) in [4.78, 5) is 10.5. The Hall–Kier alpha value is -1.45. The van der Waals surface area contributed by atoms with E-state index in [1.165, 1.54) is 19.4 Å². The van der Waals surface area contributed by atoms with Gasteiger partial charge in [-0.2, -0.15) is 9.40 Å². The Morgan fingerprint density at radius 1 is 1.68 bits per heavy atom. The quantitative estimate of drug-likeness (QED) is 0.787. The number of hydrogen-bond donors (Lipinski definition) is 1. The van der Waals surface area contributed by atoms with Gasteiger partial charge in [0.2, 0.25) is 10.0 Å². The molecule has 1 N–H and O–H groups in total. The molecule has 106 valence electrons. The van der Waals surface area contributed by atoms with Crippen molar-refractivity contribution < 1.29 is 23.1 Å². The Kier molecular flexibility index (Phi) is 3.88. The molecule has 0 bridgehead atoms. The summed E-state index contributed by atoms with van der Waals surface area (Å²) in [6.07, 6.45) is 3.42. The third-order valence-corrected chi connectivity index (χ3v) is 4.68. The van der Waals surface area contributed by atoms with Gasteiger partial charge in [-0.1, -0.05) is 0 Å². The summed E-state index contributed by atoms with van der Waals surface area (Å²) in [5.74, 6) is -1.21. The van der Waals surface area contributed by atoms with Gasteiger partial charge in [-0.3, -0.25) is 9.48 Å². The maximum absolute atomic E-state index is 12.1. The molecule has 8 nitrogen and oxygen atoms in total. The Bertz CT molecular complexity index is 561. The second-order valence-corrected chi connectivity index (χ2v) is 6.37. The van der Waals surface area contributed by atoms with Crippen LogP contribution in [-0.4, -0.2) is 60.4 Å². The van der Waals surface area contributed by atoms with E-state index in [1.54, 1.807) is 4.68 Å². The lowest BCUT2D eigenvalue weighted by Gasteiger charge is -2.13. The second-order valence-electron chi connectivity index (χ2n) is 4.33. The van der Waals surface area contributed by atoms with E-state index in [1.807, 2.05) is 0 Å². The van der Waals surface area contributed by atoms with Gasteiger partial charge in [-0.25, -0.2) is 8.42 Å². The molecule has 1 aliphatic rings. The Morgan fingerprint density at radius 3 is 3.00 bits per heavy atom. The summed E-state index contributed by atoms with van der Waals surface area (Å²) in [6.45, 7) is 0.553. The van der Waals surface area contributed by atoms with Crippen LogP contribution in [0, 0.1) is 0 Å². The molecule has 0 amide bonds. The van der Waals surface area contributed by atoms with Crippen molar-refractivity contribution in [1.29, 1.82) is 0 Å². The number of carboxylic acids is 1. The fourth-order valence-corrected chi connectivity index (χ4v) is 2.90. The number of aliphatic carboxylic acids is 1. The molecule has 0 aliphatic carbocycles. The Labute approximate surface area is 110 Å². The van der Waals surface area contributed by atoms with Crippen molar-refractivity contribution in [2.75, 3.05) is 26.8 Å². The molecule has 0 saturated carbocycles. The summed E-state index contributed by atoms with van der Waals surface area (Å²) in [5.41, 5.74) is 0. The molecule has 9 heteroatoms. The van der Waals surface area contributed by atoms with E-state index in [0.717, 1.165) is 10.7 Å². The highest BCUT2D eigenvalue weighted by molar-refractivity contribution is 7.89. The van der Waals surface area contributed by atoms with Crippen LogP contribution >= 0.6 is 0 Å². The van der Waals surface area contributed by atoms with Gasteiger partial charge in [0.15, 0.2) is 0 Å². The van der Waals surface area contributed by atoms with Crippen LogP contribution in [0.2, 0.25) is 0 Å². The number of rotatable bonds is 5. The smallest absolute Gasteiger partial charge is 0.318 e. The van der Waals surface area contributed by atoms with Gasteiger partial charge < -0.3 is 9.84 Å². The van der Waals surface area contributed by atoms with Gasteiger partial charge in [0.05, 0.1) is 18.8 Å². The lowest BCUT2D eigenvalue weighted by atomic mass is 10.3. The average molecular weight is 289 g/mol. The van der Waals surface area contributed by atoms with Crippen LogP contribution in [0.15, 0.2) is 17.3 Å². The van der Waals surface area contributed by atoms with Crippen molar-refractivity contribution in [2.24, 2.45) is 0 Å². The van der Waals surface area contributed by atoms with Crippen molar-refractivity contribution >= 4 is 16.0 Å². The first-order valence-corrected chi connectivity index (χ1v) is 7.15. The van der Waals surface area contributed by atoms with E-state index in [-0.39, 0.29) is 10.9 Å². The Balaban J connectivity index is 2.19. The molecular weight excluding hydrogens is 274 g/mol. The molecule has 1 unspecified atom stereocenters. The maximum Gasteiger partial charge on any atom is 0.318 e. The largest absolute Gasteiger partial charge is 0.480 e. The highest BCUT2D eigenvalue weighted by atomic mass is 32.2. The first-order chi connectivity index (χ1) is 8.91.